The lowest BCUT2D eigenvalue weighted by atomic mass is 9.82. The van der Waals surface area contributed by atoms with Gasteiger partial charge >= 0.3 is 5.97 Å². The number of nitrogens with zero attached hydrogens (tertiary/aromatic N) is 2. The first kappa shape index (κ1) is 36.9. The highest BCUT2D eigenvalue weighted by molar-refractivity contribution is 6.36. The van der Waals surface area contributed by atoms with Gasteiger partial charge in [0, 0.05) is 59.2 Å². The Balaban J connectivity index is 1.03. The van der Waals surface area contributed by atoms with E-state index in [1.54, 1.807) is 7.11 Å². The fourth-order valence-corrected chi connectivity index (χ4v) is 8.31. The molecule has 2 fully saturated rings. The number of rotatable bonds is 14. The van der Waals surface area contributed by atoms with Crippen molar-refractivity contribution in [2.24, 2.45) is 11.8 Å². The summed E-state index contributed by atoms with van der Waals surface area (Å²) in [5, 5.41) is 26.4. The smallest absolute Gasteiger partial charge is 0.306 e. The van der Waals surface area contributed by atoms with E-state index in [-0.39, 0.29) is 17.9 Å². The van der Waals surface area contributed by atoms with Crippen LogP contribution in [0.25, 0.3) is 33.2 Å². The minimum Gasteiger partial charge on any atom is -0.496 e. The third-order valence-corrected chi connectivity index (χ3v) is 11.5. The van der Waals surface area contributed by atoms with E-state index in [0.717, 1.165) is 102 Å². The first-order chi connectivity index (χ1) is 25.8. The summed E-state index contributed by atoms with van der Waals surface area (Å²) >= 11 is 14.0. The zero-order valence-corrected chi connectivity index (χ0v) is 31.3. The average molecular weight is 755 g/mol. The number of aliphatic carboxylic acids is 1. The molecule has 1 aromatic heterocycles. The fourth-order valence-electron chi connectivity index (χ4n) is 7.72. The summed E-state index contributed by atoms with van der Waals surface area (Å²) in [6, 6.07) is 24.9. The van der Waals surface area contributed by atoms with Gasteiger partial charge in [-0.25, -0.2) is 0 Å². The number of methoxy groups -OCH3 is 1. The maximum Gasteiger partial charge on any atom is 0.306 e. The third-order valence-electron chi connectivity index (χ3n) is 10.8. The summed E-state index contributed by atoms with van der Waals surface area (Å²) in [7, 11) is 1.67. The van der Waals surface area contributed by atoms with Crippen LogP contribution in [0.1, 0.15) is 55.2 Å². The van der Waals surface area contributed by atoms with E-state index in [1.165, 1.54) is 5.56 Å². The molecule has 4 aromatic carbocycles. The number of benzene rings is 4. The molecule has 1 aliphatic carbocycles. The number of halogens is 2. The van der Waals surface area contributed by atoms with Gasteiger partial charge in [0.2, 0.25) is 5.91 Å². The number of hydrogen-bond donors (Lipinski definition) is 4. The standard InChI is InChI=1S/C42H45Cl2N5O4/c1-53-39-19-31(37(43)18-30(39)22-45-20-27-10-14-29(15-11-27)42(51)52)25-49-38-7-3-5-34(36(38)24-47-49)35-6-2-4-33(41(35)44)28-12-8-26(9-13-28)21-46-23-32-16-17-40(50)48-32/h2-9,12-13,18-19,24,27,29,32,45-46H,10-11,14-17,20-23,25H2,1H3,(H,48,50)(H,51,52)/t27?,29?,32-/m0/s1. The van der Waals surface area contributed by atoms with Gasteiger partial charge in [-0.15, -0.1) is 0 Å². The number of carbonyl (C=O) groups excluding carboxylic acids is 1. The molecule has 0 radical (unpaired) electrons. The van der Waals surface area contributed by atoms with Gasteiger partial charge in [-0.1, -0.05) is 77.8 Å². The molecular weight excluding hydrogens is 709 g/mol. The quantitative estimate of drug-likeness (QED) is 0.0906. The van der Waals surface area contributed by atoms with Crippen molar-refractivity contribution in [3.05, 3.63) is 106 Å². The second-order valence-electron chi connectivity index (χ2n) is 14.3. The molecule has 1 amide bonds. The zero-order valence-electron chi connectivity index (χ0n) is 29.8. The molecule has 1 atom stereocenters. The Kier molecular flexibility index (Phi) is 11.7. The monoisotopic (exact) mass is 753 g/mol. The summed E-state index contributed by atoms with van der Waals surface area (Å²) in [6.45, 7) is 3.39. The Labute approximate surface area is 320 Å². The average Bonchev–Trinajstić information content (AvgIpc) is 3.78. The summed E-state index contributed by atoms with van der Waals surface area (Å²) in [5.41, 5.74) is 7.95. The normalized spacial score (nSPS) is 18.7. The fraction of sp³-hybridized carbons (Fsp3) is 0.357. The van der Waals surface area contributed by atoms with Crippen molar-refractivity contribution < 1.29 is 19.4 Å². The lowest BCUT2D eigenvalue weighted by Gasteiger charge is -2.26. The Bertz CT molecular complexity index is 2090. The van der Waals surface area contributed by atoms with Gasteiger partial charge in [0.05, 0.1) is 36.3 Å². The first-order valence-corrected chi connectivity index (χ1v) is 19.1. The Morgan fingerprint density at radius 3 is 2.38 bits per heavy atom. The molecule has 0 bridgehead atoms. The minimum atomic E-state index is -0.675. The van der Waals surface area contributed by atoms with E-state index >= 15 is 0 Å². The van der Waals surface area contributed by atoms with E-state index in [4.69, 9.17) is 33.0 Å². The van der Waals surface area contributed by atoms with Crippen LogP contribution in [0.5, 0.6) is 5.75 Å². The summed E-state index contributed by atoms with van der Waals surface area (Å²) in [6.07, 6.45) is 6.72. The molecule has 9 nitrogen and oxygen atoms in total. The molecule has 4 N–H and O–H groups in total. The van der Waals surface area contributed by atoms with Crippen molar-refractivity contribution in [2.75, 3.05) is 20.2 Å². The number of carbonyl (C=O) groups is 2. The van der Waals surface area contributed by atoms with Crippen LogP contribution in [0.3, 0.4) is 0 Å². The minimum absolute atomic E-state index is 0.134. The summed E-state index contributed by atoms with van der Waals surface area (Å²) in [4.78, 5) is 22.8. The predicted octanol–water partition coefficient (Wildman–Crippen LogP) is 8.08. The molecule has 1 saturated carbocycles. The van der Waals surface area contributed by atoms with Crippen LogP contribution >= 0.6 is 23.2 Å². The van der Waals surface area contributed by atoms with Gasteiger partial charge in [0.15, 0.2) is 0 Å². The largest absolute Gasteiger partial charge is 0.496 e. The molecule has 1 saturated heterocycles. The number of hydrogen-bond acceptors (Lipinski definition) is 6. The second-order valence-corrected chi connectivity index (χ2v) is 15.1. The van der Waals surface area contributed by atoms with Crippen LogP contribution in [0.2, 0.25) is 10.0 Å². The van der Waals surface area contributed by atoms with E-state index in [0.29, 0.717) is 35.5 Å². The van der Waals surface area contributed by atoms with Gasteiger partial charge in [0.25, 0.3) is 0 Å². The predicted molar refractivity (Wildman–Crippen MR) is 210 cm³/mol. The first-order valence-electron chi connectivity index (χ1n) is 18.4. The Hall–Kier alpha value is -4.41. The van der Waals surface area contributed by atoms with Crippen molar-refractivity contribution in [2.45, 2.75) is 64.2 Å². The number of amides is 1. The van der Waals surface area contributed by atoms with Crippen molar-refractivity contribution in [1.29, 1.82) is 0 Å². The van der Waals surface area contributed by atoms with Crippen molar-refractivity contribution in [3.63, 3.8) is 0 Å². The molecule has 2 heterocycles. The van der Waals surface area contributed by atoms with Crippen LogP contribution in [-0.4, -0.2) is 53.0 Å². The molecule has 53 heavy (non-hydrogen) atoms. The molecule has 1 aliphatic heterocycles. The van der Waals surface area contributed by atoms with Crippen LogP contribution in [0.15, 0.2) is 79.0 Å². The van der Waals surface area contributed by atoms with E-state index in [2.05, 4.69) is 52.3 Å². The lowest BCUT2D eigenvalue weighted by molar-refractivity contribution is -0.143. The van der Waals surface area contributed by atoms with Crippen LogP contribution in [-0.2, 0) is 29.2 Å². The molecule has 0 unspecified atom stereocenters. The van der Waals surface area contributed by atoms with Gasteiger partial charge < -0.3 is 25.8 Å². The van der Waals surface area contributed by atoms with Crippen LogP contribution < -0.4 is 20.7 Å². The molecule has 2 aliphatic rings. The molecule has 11 heteroatoms. The highest BCUT2D eigenvalue weighted by Gasteiger charge is 2.26. The number of nitrogens with one attached hydrogen (secondary N) is 3. The van der Waals surface area contributed by atoms with Gasteiger partial charge in [-0.2, -0.15) is 5.10 Å². The summed E-state index contributed by atoms with van der Waals surface area (Å²) in [5.74, 6) is 0.487. The number of carboxylic acid groups (broad SMARTS) is 1. The number of carboxylic acids is 1. The highest BCUT2D eigenvalue weighted by Crippen LogP contribution is 2.39. The molecule has 276 valence electrons. The third kappa shape index (κ3) is 8.54. The second kappa shape index (κ2) is 16.7. The molecular formula is C42H45Cl2N5O4. The Morgan fingerprint density at radius 2 is 1.64 bits per heavy atom. The van der Waals surface area contributed by atoms with E-state index in [9.17, 15) is 14.7 Å². The number of aromatic nitrogens is 2. The number of fused-ring (bicyclic) bond motifs is 1. The van der Waals surface area contributed by atoms with Crippen LogP contribution in [0, 0.1) is 11.8 Å². The Morgan fingerprint density at radius 1 is 0.906 bits per heavy atom. The van der Waals surface area contributed by atoms with Crippen LogP contribution in [0.4, 0.5) is 0 Å². The lowest BCUT2D eigenvalue weighted by Crippen LogP contribution is -2.35. The maximum absolute atomic E-state index is 11.5. The number of ether oxygens (including phenoxy) is 1. The van der Waals surface area contributed by atoms with Gasteiger partial charge in [-0.05, 0) is 85.0 Å². The summed E-state index contributed by atoms with van der Waals surface area (Å²) < 4.78 is 7.74. The SMILES string of the molecule is COc1cc(Cn2ncc3c(-c4cccc(-c5ccc(CNC[C@@H]6CCC(=O)N6)cc5)c4Cl)cccc32)c(Cl)cc1CNCC1CCC(C(=O)O)CC1. The maximum atomic E-state index is 11.5. The highest BCUT2D eigenvalue weighted by atomic mass is 35.5. The van der Waals surface area contributed by atoms with Crippen molar-refractivity contribution >= 4 is 46.0 Å². The van der Waals surface area contributed by atoms with Crippen molar-refractivity contribution in [1.82, 2.24) is 25.7 Å². The van der Waals surface area contributed by atoms with E-state index in [1.807, 2.05) is 47.3 Å². The van der Waals surface area contributed by atoms with Gasteiger partial charge in [0.1, 0.15) is 5.75 Å². The molecule has 0 spiro atoms. The van der Waals surface area contributed by atoms with Gasteiger partial charge in [-0.3, -0.25) is 14.3 Å². The van der Waals surface area contributed by atoms with E-state index < -0.39 is 5.97 Å². The van der Waals surface area contributed by atoms with Crippen molar-refractivity contribution in [3.8, 4) is 28.0 Å². The zero-order chi connectivity index (χ0) is 36.9. The topological polar surface area (TPSA) is 118 Å². The molecule has 7 rings (SSSR count). The molecule has 5 aromatic rings.